The van der Waals surface area contributed by atoms with Crippen LogP contribution < -0.4 is 5.32 Å². The fraction of sp³-hybridized carbons (Fsp3) is 0.222. The van der Waals surface area contributed by atoms with Crippen molar-refractivity contribution in [2.24, 2.45) is 7.05 Å². The number of carbonyl (C=O) groups is 1. The van der Waals surface area contributed by atoms with Crippen molar-refractivity contribution in [3.63, 3.8) is 0 Å². The summed E-state index contributed by atoms with van der Waals surface area (Å²) in [7, 11) is 1.92. The summed E-state index contributed by atoms with van der Waals surface area (Å²) >= 11 is 1.35. The summed E-state index contributed by atoms with van der Waals surface area (Å²) in [4.78, 5) is 27.9. The Morgan fingerprint density at radius 3 is 2.62 bits per heavy atom. The lowest BCUT2D eigenvalue weighted by Gasteiger charge is -2.12. The number of nitrogens with zero attached hydrogens (tertiary/aromatic N) is 3. The molecule has 0 fully saturated rings. The molecule has 134 valence electrons. The highest BCUT2D eigenvalue weighted by Gasteiger charge is 2.16. The molecular formula is C18H18N4O3S. The third-order valence-corrected chi connectivity index (χ3v) is 5.14. The maximum Gasteiger partial charge on any atom is 0.269 e. The Kier molecular flexibility index (Phi) is 5.22. The number of benzene rings is 2. The number of thioether (sulfide) groups is 1. The molecule has 2 aromatic carbocycles. The van der Waals surface area contributed by atoms with Crippen molar-refractivity contribution in [2.45, 2.75) is 23.6 Å². The van der Waals surface area contributed by atoms with Crippen LogP contribution in [0.4, 0.5) is 5.69 Å². The summed E-state index contributed by atoms with van der Waals surface area (Å²) in [6.45, 7) is 2.14. The second-order valence-electron chi connectivity index (χ2n) is 5.80. The Labute approximate surface area is 154 Å². The van der Waals surface area contributed by atoms with Gasteiger partial charge in [-0.05, 0) is 31.2 Å². The average molecular weight is 370 g/mol. The molecule has 3 aromatic rings. The van der Waals surface area contributed by atoms with Gasteiger partial charge in [0.25, 0.3) is 5.69 Å². The molecule has 1 amide bonds. The number of nitro benzene ring substituents is 1. The summed E-state index contributed by atoms with van der Waals surface area (Å²) in [5, 5.41) is 13.3. The number of nitro groups is 1. The minimum absolute atomic E-state index is 0.0355. The third kappa shape index (κ3) is 3.85. The second kappa shape index (κ2) is 7.57. The lowest BCUT2D eigenvalue weighted by atomic mass is 10.3. The van der Waals surface area contributed by atoms with E-state index in [1.807, 2.05) is 35.9 Å². The normalized spacial score (nSPS) is 12.1. The van der Waals surface area contributed by atoms with E-state index in [4.69, 9.17) is 0 Å². The van der Waals surface area contributed by atoms with Gasteiger partial charge < -0.3 is 9.88 Å². The van der Waals surface area contributed by atoms with Crippen LogP contribution in [0.5, 0.6) is 0 Å². The monoisotopic (exact) mass is 370 g/mol. The number of hydrogen-bond acceptors (Lipinski definition) is 5. The lowest BCUT2D eigenvalue weighted by Crippen LogP contribution is -2.31. The van der Waals surface area contributed by atoms with Gasteiger partial charge in [-0.3, -0.25) is 14.9 Å². The first kappa shape index (κ1) is 17.9. The van der Waals surface area contributed by atoms with Gasteiger partial charge in [-0.2, -0.15) is 0 Å². The van der Waals surface area contributed by atoms with Crippen molar-refractivity contribution >= 4 is 34.4 Å². The smallest absolute Gasteiger partial charge is 0.269 e. The maximum atomic E-state index is 12.3. The van der Waals surface area contributed by atoms with Crippen LogP contribution in [0.25, 0.3) is 11.0 Å². The molecule has 0 bridgehead atoms. The Hall–Kier alpha value is -2.87. The van der Waals surface area contributed by atoms with Crippen LogP contribution in [0, 0.1) is 10.1 Å². The van der Waals surface area contributed by atoms with E-state index in [-0.39, 0.29) is 16.8 Å². The molecule has 8 heteroatoms. The van der Waals surface area contributed by atoms with E-state index >= 15 is 0 Å². The fourth-order valence-electron chi connectivity index (χ4n) is 2.57. The van der Waals surface area contributed by atoms with Gasteiger partial charge in [-0.25, -0.2) is 4.98 Å². The predicted octanol–water partition coefficient (Wildman–Crippen LogP) is 3.28. The van der Waals surface area contributed by atoms with E-state index in [0.29, 0.717) is 6.54 Å². The van der Waals surface area contributed by atoms with Crippen molar-refractivity contribution in [1.82, 2.24) is 14.9 Å². The molecule has 0 aliphatic heterocycles. The van der Waals surface area contributed by atoms with Crippen LogP contribution in [0.1, 0.15) is 12.7 Å². The standard InChI is InChI=1S/C18H18N4O3S/c1-12(26-14-9-7-13(8-10-14)22(24)25)18(23)19-11-17-20-15-5-3-4-6-16(15)21(17)2/h3-10,12H,11H2,1-2H3,(H,19,23)/t12-/m1/s1. The minimum atomic E-state index is -0.443. The Balaban J connectivity index is 1.60. The number of fused-ring (bicyclic) bond motifs is 1. The van der Waals surface area contributed by atoms with E-state index in [1.54, 1.807) is 19.1 Å². The number of aryl methyl sites for hydroxylation is 1. The molecule has 3 rings (SSSR count). The topological polar surface area (TPSA) is 90.1 Å². The van der Waals surface area contributed by atoms with Gasteiger partial charge >= 0.3 is 0 Å². The van der Waals surface area contributed by atoms with Gasteiger partial charge in [0.05, 0.1) is 27.8 Å². The molecule has 1 atom stereocenters. The summed E-state index contributed by atoms with van der Waals surface area (Å²) in [6.07, 6.45) is 0. The van der Waals surface area contributed by atoms with Gasteiger partial charge in [0.1, 0.15) is 5.82 Å². The van der Waals surface area contributed by atoms with E-state index in [0.717, 1.165) is 21.8 Å². The zero-order chi connectivity index (χ0) is 18.7. The predicted molar refractivity (Wildman–Crippen MR) is 101 cm³/mol. The van der Waals surface area contributed by atoms with E-state index in [1.165, 1.54) is 23.9 Å². The van der Waals surface area contributed by atoms with Crippen LogP contribution >= 0.6 is 11.8 Å². The zero-order valence-corrected chi connectivity index (χ0v) is 15.2. The Morgan fingerprint density at radius 2 is 1.96 bits per heavy atom. The third-order valence-electron chi connectivity index (χ3n) is 4.03. The highest BCUT2D eigenvalue weighted by atomic mass is 32.2. The molecule has 0 radical (unpaired) electrons. The zero-order valence-electron chi connectivity index (χ0n) is 14.4. The van der Waals surface area contributed by atoms with Crippen molar-refractivity contribution < 1.29 is 9.72 Å². The quantitative estimate of drug-likeness (QED) is 0.408. The molecule has 26 heavy (non-hydrogen) atoms. The number of para-hydroxylation sites is 2. The van der Waals surface area contributed by atoms with E-state index < -0.39 is 4.92 Å². The van der Waals surface area contributed by atoms with Crippen LogP contribution in [0.3, 0.4) is 0 Å². The van der Waals surface area contributed by atoms with Gasteiger partial charge in [0, 0.05) is 24.1 Å². The fourth-order valence-corrected chi connectivity index (χ4v) is 3.46. The minimum Gasteiger partial charge on any atom is -0.348 e. The van der Waals surface area contributed by atoms with Crippen LogP contribution in [0.15, 0.2) is 53.4 Å². The number of carbonyl (C=O) groups excluding carboxylic acids is 1. The lowest BCUT2D eigenvalue weighted by molar-refractivity contribution is -0.384. The maximum absolute atomic E-state index is 12.3. The summed E-state index contributed by atoms with van der Waals surface area (Å²) in [5.74, 6) is 0.674. The van der Waals surface area contributed by atoms with E-state index in [2.05, 4.69) is 10.3 Å². The molecule has 1 heterocycles. The molecule has 0 aliphatic carbocycles. The number of imidazole rings is 1. The first-order valence-corrected chi connectivity index (χ1v) is 8.93. The van der Waals surface area contributed by atoms with Crippen molar-refractivity contribution in [3.05, 3.63) is 64.5 Å². The summed E-state index contributed by atoms with van der Waals surface area (Å²) in [6, 6.07) is 14.0. The summed E-state index contributed by atoms with van der Waals surface area (Å²) < 4.78 is 1.96. The van der Waals surface area contributed by atoms with Crippen molar-refractivity contribution in [2.75, 3.05) is 0 Å². The number of rotatable bonds is 6. The molecular weight excluding hydrogens is 352 g/mol. The average Bonchev–Trinajstić information content (AvgIpc) is 2.96. The molecule has 0 aliphatic rings. The highest BCUT2D eigenvalue weighted by Crippen LogP contribution is 2.25. The number of non-ortho nitro benzene ring substituents is 1. The first-order valence-electron chi connectivity index (χ1n) is 8.05. The Bertz CT molecular complexity index is 953. The highest BCUT2D eigenvalue weighted by molar-refractivity contribution is 8.00. The van der Waals surface area contributed by atoms with Gasteiger partial charge in [0.15, 0.2) is 0 Å². The molecule has 1 aromatic heterocycles. The Morgan fingerprint density at radius 1 is 1.27 bits per heavy atom. The van der Waals surface area contributed by atoms with Gasteiger partial charge in [0.2, 0.25) is 5.91 Å². The van der Waals surface area contributed by atoms with Gasteiger partial charge in [-0.15, -0.1) is 11.8 Å². The van der Waals surface area contributed by atoms with Gasteiger partial charge in [-0.1, -0.05) is 12.1 Å². The molecule has 0 unspecified atom stereocenters. The molecule has 0 saturated carbocycles. The second-order valence-corrected chi connectivity index (χ2v) is 7.22. The van der Waals surface area contributed by atoms with Crippen molar-refractivity contribution in [1.29, 1.82) is 0 Å². The van der Waals surface area contributed by atoms with Crippen LogP contribution in [-0.2, 0) is 18.4 Å². The number of nitrogens with one attached hydrogen (secondary N) is 1. The molecule has 0 saturated heterocycles. The van der Waals surface area contributed by atoms with Crippen LogP contribution in [-0.4, -0.2) is 25.6 Å². The summed E-state index contributed by atoms with van der Waals surface area (Å²) in [5.41, 5.74) is 1.95. The first-order chi connectivity index (χ1) is 12.5. The van der Waals surface area contributed by atoms with E-state index in [9.17, 15) is 14.9 Å². The number of amides is 1. The molecule has 7 nitrogen and oxygen atoms in total. The number of aromatic nitrogens is 2. The SMILES string of the molecule is C[C@@H](Sc1ccc([N+](=O)[O-])cc1)C(=O)NCc1nc2ccccc2n1C. The van der Waals surface area contributed by atoms with Crippen molar-refractivity contribution in [3.8, 4) is 0 Å². The molecule has 0 spiro atoms. The largest absolute Gasteiger partial charge is 0.348 e. The number of hydrogen-bond donors (Lipinski definition) is 1. The van der Waals surface area contributed by atoms with Crippen LogP contribution in [0.2, 0.25) is 0 Å². The molecule has 1 N–H and O–H groups in total.